The molecule has 1 aliphatic rings. The van der Waals surface area contributed by atoms with E-state index in [1.54, 1.807) is 0 Å². The Hall–Kier alpha value is -0.220. The zero-order chi connectivity index (χ0) is 9.90. The molecule has 0 aromatic carbocycles. The summed E-state index contributed by atoms with van der Waals surface area (Å²) < 4.78 is 0. The molecule has 0 aromatic rings. The molecule has 1 saturated heterocycles. The van der Waals surface area contributed by atoms with Crippen LogP contribution in [0.15, 0.2) is 0 Å². The number of piperidine rings is 1. The first-order chi connectivity index (χ1) is 6.05. The molecular weight excluding hydrogens is 186 g/mol. The predicted octanol–water partition coefficient (Wildman–Crippen LogP) is 0.680. The first kappa shape index (κ1) is 10.9. The fraction of sp³-hybridized carbons (Fsp3) is 0.889. The van der Waals surface area contributed by atoms with Gasteiger partial charge in [0.15, 0.2) is 0 Å². The van der Waals surface area contributed by atoms with E-state index < -0.39 is 5.60 Å². The van der Waals surface area contributed by atoms with Crippen molar-refractivity contribution in [3.05, 3.63) is 0 Å². The van der Waals surface area contributed by atoms with Crippen molar-refractivity contribution in [1.29, 1.82) is 0 Å². The summed E-state index contributed by atoms with van der Waals surface area (Å²) in [5, 5.41) is 9.65. The van der Waals surface area contributed by atoms with Crippen molar-refractivity contribution in [3.8, 4) is 0 Å². The van der Waals surface area contributed by atoms with E-state index in [9.17, 15) is 9.90 Å². The van der Waals surface area contributed by atoms with E-state index in [1.807, 2.05) is 11.8 Å². The minimum Gasteiger partial charge on any atom is -0.390 e. The van der Waals surface area contributed by atoms with Crippen LogP contribution in [0, 0.1) is 0 Å². The fourth-order valence-corrected chi connectivity index (χ4v) is 1.68. The largest absolute Gasteiger partial charge is 0.390 e. The molecule has 1 aliphatic heterocycles. The molecule has 0 aromatic heterocycles. The van der Waals surface area contributed by atoms with E-state index in [1.165, 1.54) is 0 Å². The Morgan fingerprint density at radius 2 is 2.08 bits per heavy atom. The van der Waals surface area contributed by atoms with E-state index in [-0.39, 0.29) is 5.91 Å². The first-order valence-corrected chi connectivity index (χ1v) is 5.29. The van der Waals surface area contributed by atoms with Crippen LogP contribution in [0.3, 0.4) is 0 Å². The lowest BCUT2D eigenvalue weighted by Gasteiger charge is -2.35. The number of hydrogen-bond donors (Lipinski definition) is 2. The highest BCUT2D eigenvalue weighted by Gasteiger charge is 2.28. The van der Waals surface area contributed by atoms with Gasteiger partial charge in [0, 0.05) is 19.5 Å². The Bertz CT molecular complexity index is 184. The van der Waals surface area contributed by atoms with Gasteiger partial charge in [0.1, 0.15) is 0 Å². The molecule has 0 aliphatic carbocycles. The number of carbonyl (C=O) groups is 1. The van der Waals surface area contributed by atoms with Crippen molar-refractivity contribution >= 4 is 18.5 Å². The molecule has 0 saturated carbocycles. The van der Waals surface area contributed by atoms with Crippen LogP contribution in [0.25, 0.3) is 0 Å². The van der Waals surface area contributed by atoms with Gasteiger partial charge in [-0.3, -0.25) is 4.79 Å². The quantitative estimate of drug-likeness (QED) is 0.648. The van der Waals surface area contributed by atoms with Crippen LogP contribution in [-0.2, 0) is 4.79 Å². The summed E-state index contributed by atoms with van der Waals surface area (Å²) in [7, 11) is 0. The maximum Gasteiger partial charge on any atom is 0.223 e. The second kappa shape index (κ2) is 4.33. The topological polar surface area (TPSA) is 40.5 Å². The van der Waals surface area contributed by atoms with Gasteiger partial charge in [-0.2, -0.15) is 12.6 Å². The molecule has 4 heteroatoms. The van der Waals surface area contributed by atoms with Gasteiger partial charge >= 0.3 is 0 Å². The number of nitrogens with zero attached hydrogens (tertiary/aromatic N) is 1. The Morgan fingerprint density at radius 1 is 1.54 bits per heavy atom. The predicted molar refractivity (Wildman–Crippen MR) is 54.9 cm³/mol. The third-order valence-electron chi connectivity index (χ3n) is 2.52. The highest BCUT2D eigenvalue weighted by atomic mass is 32.1. The van der Waals surface area contributed by atoms with E-state index in [2.05, 4.69) is 12.6 Å². The van der Waals surface area contributed by atoms with Crippen LogP contribution in [-0.4, -0.2) is 40.4 Å². The lowest BCUT2D eigenvalue weighted by molar-refractivity contribution is -0.134. The normalized spacial score (nSPS) is 21.6. The molecule has 0 spiro atoms. The monoisotopic (exact) mass is 203 g/mol. The van der Waals surface area contributed by atoms with Crippen molar-refractivity contribution < 1.29 is 9.90 Å². The highest BCUT2D eigenvalue weighted by Crippen LogP contribution is 2.21. The third-order valence-corrected chi connectivity index (χ3v) is 2.74. The molecule has 76 valence electrons. The second-order valence-electron chi connectivity index (χ2n) is 3.85. The van der Waals surface area contributed by atoms with Gasteiger partial charge in [0.25, 0.3) is 0 Å². The van der Waals surface area contributed by atoms with Gasteiger partial charge in [-0.25, -0.2) is 0 Å². The fourth-order valence-electron chi connectivity index (χ4n) is 1.49. The van der Waals surface area contributed by atoms with Crippen LogP contribution >= 0.6 is 12.6 Å². The maximum absolute atomic E-state index is 11.4. The molecule has 13 heavy (non-hydrogen) atoms. The van der Waals surface area contributed by atoms with Gasteiger partial charge in [-0.1, -0.05) is 0 Å². The Balaban J connectivity index is 2.36. The number of amides is 1. The van der Waals surface area contributed by atoms with Crippen LogP contribution in [0.4, 0.5) is 0 Å². The smallest absolute Gasteiger partial charge is 0.223 e. The summed E-state index contributed by atoms with van der Waals surface area (Å²) >= 11 is 4.02. The molecule has 3 nitrogen and oxygen atoms in total. The van der Waals surface area contributed by atoms with Crippen molar-refractivity contribution in [1.82, 2.24) is 4.90 Å². The van der Waals surface area contributed by atoms with Crippen LogP contribution in [0.1, 0.15) is 26.2 Å². The van der Waals surface area contributed by atoms with E-state index in [0.29, 0.717) is 38.1 Å². The van der Waals surface area contributed by atoms with E-state index in [0.717, 1.165) is 0 Å². The molecular formula is C9H17NO2S. The summed E-state index contributed by atoms with van der Waals surface area (Å²) in [6, 6.07) is 0. The van der Waals surface area contributed by atoms with Gasteiger partial charge < -0.3 is 10.0 Å². The average molecular weight is 203 g/mol. The summed E-state index contributed by atoms with van der Waals surface area (Å²) in [6.45, 7) is 3.19. The van der Waals surface area contributed by atoms with E-state index >= 15 is 0 Å². The molecule has 0 radical (unpaired) electrons. The molecule has 0 atom stereocenters. The molecule has 1 heterocycles. The Labute approximate surface area is 84.5 Å². The van der Waals surface area contributed by atoms with Gasteiger partial charge in [0.2, 0.25) is 5.91 Å². The molecule has 1 rings (SSSR count). The van der Waals surface area contributed by atoms with Crippen LogP contribution in [0.5, 0.6) is 0 Å². The molecule has 0 bridgehead atoms. The minimum absolute atomic E-state index is 0.158. The maximum atomic E-state index is 11.4. The first-order valence-electron chi connectivity index (χ1n) is 4.66. The lowest BCUT2D eigenvalue weighted by atomic mass is 9.94. The summed E-state index contributed by atoms with van der Waals surface area (Å²) in [5.74, 6) is 0.761. The van der Waals surface area contributed by atoms with Crippen molar-refractivity contribution in [3.63, 3.8) is 0 Å². The zero-order valence-corrected chi connectivity index (χ0v) is 8.89. The van der Waals surface area contributed by atoms with Crippen molar-refractivity contribution in [2.24, 2.45) is 0 Å². The number of aliphatic hydroxyl groups is 1. The van der Waals surface area contributed by atoms with Crippen LogP contribution < -0.4 is 0 Å². The lowest BCUT2D eigenvalue weighted by Crippen LogP contribution is -2.45. The average Bonchev–Trinajstić information content (AvgIpc) is 2.04. The zero-order valence-electron chi connectivity index (χ0n) is 7.99. The Morgan fingerprint density at radius 3 is 2.54 bits per heavy atom. The number of likely N-dealkylation sites (tertiary alicyclic amines) is 1. The van der Waals surface area contributed by atoms with Gasteiger partial charge in [-0.15, -0.1) is 0 Å². The molecule has 1 amide bonds. The third kappa shape index (κ3) is 3.19. The standard InChI is InChI=1S/C9H17NO2S/c1-9(12)3-5-10(6-4-9)8(11)2-7-13/h12-13H,2-7H2,1H3. The number of thiol groups is 1. The number of carbonyl (C=O) groups excluding carboxylic acids is 1. The number of rotatable bonds is 2. The van der Waals surface area contributed by atoms with Gasteiger partial charge in [-0.05, 0) is 25.5 Å². The highest BCUT2D eigenvalue weighted by molar-refractivity contribution is 7.80. The second-order valence-corrected chi connectivity index (χ2v) is 4.30. The van der Waals surface area contributed by atoms with Crippen LogP contribution in [0.2, 0.25) is 0 Å². The molecule has 1 N–H and O–H groups in total. The summed E-state index contributed by atoms with van der Waals surface area (Å²) in [6.07, 6.45) is 1.88. The minimum atomic E-state index is -0.572. The van der Waals surface area contributed by atoms with Crippen molar-refractivity contribution in [2.45, 2.75) is 31.8 Å². The molecule has 1 fully saturated rings. The van der Waals surface area contributed by atoms with Gasteiger partial charge in [0.05, 0.1) is 5.60 Å². The Kier molecular flexibility index (Phi) is 3.62. The SMILES string of the molecule is CC1(O)CCN(C(=O)CCS)CC1. The number of hydrogen-bond acceptors (Lipinski definition) is 3. The van der Waals surface area contributed by atoms with E-state index in [4.69, 9.17) is 0 Å². The summed E-state index contributed by atoms with van der Waals surface area (Å²) in [4.78, 5) is 13.2. The molecule has 0 unspecified atom stereocenters. The van der Waals surface area contributed by atoms with Crippen molar-refractivity contribution in [2.75, 3.05) is 18.8 Å². The summed E-state index contributed by atoms with van der Waals surface area (Å²) in [5.41, 5.74) is -0.572.